The molecule has 3 nitrogen and oxygen atoms in total. The Hall–Kier alpha value is -1.30. The number of nitrogens with two attached hydrogens (primary N) is 1. The third-order valence-electron chi connectivity index (χ3n) is 3.10. The summed E-state index contributed by atoms with van der Waals surface area (Å²) in [6, 6.07) is 14.9. The van der Waals surface area contributed by atoms with Crippen LogP contribution in [0.25, 0.3) is 0 Å². The van der Waals surface area contributed by atoms with Gasteiger partial charge in [0.25, 0.3) is 0 Å². The minimum atomic E-state index is -3.25. The second-order valence-corrected chi connectivity index (χ2v) is 8.11. The Morgan fingerprint density at radius 1 is 1.10 bits per heavy atom. The molecule has 0 aliphatic rings. The molecule has 0 saturated heterocycles. The fourth-order valence-electron chi connectivity index (χ4n) is 1.96. The van der Waals surface area contributed by atoms with Crippen LogP contribution < -0.4 is 5.73 Å². The molecular formula is C16H19NO2S2. The van der Waals surface area contributed by atoms with E-state index < -0.39 is 9.84 Å². The van der Waals surface area contributed by atoms with E-state index in [1.165, 1.54) is 5.56 Å². The predicted octanol–water partition coefficient (Wildman–Crippen LogP) is 3.02. The molecule has 0 radical (unpaired) electrons. The molecule has 0 unspecified atom stereocenters. The van der Waals surface area contributed by atoms with E-state index in [1.54, 1.807) is 30.0 Å². The van der Waals surface area contributed by atoms with Crippen LogP contribution in [0.3, 0.4) is 0 Å². The third kappa shape index (κ3) is 4.59. The Morgan fingerprint density at radius 2 is 1.86 bits per heavy atom. The maximum Gasteiger partial charge on any atom is 0.179 e. The van der Waals surface area contributed by atoms with Gasteiger partial charge in [-0.2, -0.15) is 0 Å². The number of benzene rings is 2. The Morgan fingerprint density at radius 3 is 2.57 bits per heavy atom. The SMILES string of the molecule is Cc1cccc(SCCS(=O)(=O)c2cccc(CN)c2)c1. The molecule has 2 aromatic carbocycles. The molecule has 5 heteroatoms. The third-order valence-corrected chi connectivity index (χ3v) is 6.07. The molecule has 0 fully saturated rings. The van der Waals surface area contributed by atoms with Crippen molar-refractivity contribution in [3.63, 3.8) is 0 Å². The highest BCUT2D eigenvalue weighted by atomic mass is 32.2. The van der Waals surface area contributed by atoms with E-state index in [9.17, 15) is 8.42 Å². The van der Waals surface area contributed by atoms with Crippen molar-refractivity contribution in [1.29, 1.82) is 0 Å². The van der Waals surface area contributed by atoms with Crippen molar-refractivity contribution in [3.8, 4) is 0 Å². The lowest BCUT2D eigenvalue weighted by Crippen LogP contribution is -2.09. The van der Waals surface area contributed by atoms with Gasteiger partial charge in [0.05, 0.1) is 10.6 Å². The van der Waals surface area contributed by atoms with Gasteiger partial charge in [-0.3, -0.25) is 0 Å². The maximum absolute atomic E-state index is 12.3. The van der Waals surface area contributed by atoms with Crippen molar-refractivity contribution in [2.45, 2.75) is 23.3 Å². The van der Waals surface area contributed by atoms with Crippen LogP contribution in [0.2, 0.25) is 0 Å². The van der Waals surface area contributed by atoms with Gasteiger partial charge in [-0.25, -0.2) is 8.42 Å². The van der Waals surface area contributed by atoms with Crippen molar-refractivity contribution in [3.05, 3.63) is 59.7 Å². The Labute approximate surface area is 130 Å². The lowest BCUT2D eigenvalue weighted by Gasteiger charge is -2.06. The number of hydrogen-bond donors (Lipinski definition) is 1. The highest BCUT2D eigenvalue weighted by Gasteiger charge is 2.14. The van der Waals surface area contributed by atoms with Crippen LogP contribution in [0.5, 0.6) is 0 Å². The lowest BCUT2D eigenvalue weighted by atomic mass is 10.2. The summed E-state index contributed by atoms with van der Waals surface area (Å²) in [5.41, 5.74) is 7.57. The molecule has 21 heavy (non-hydrogen) atoms. The van der Waals surface area contributed by atoms with Crippen molar-refractivity contribution < 1.29 is 8.42 Å². The van der Waals surface area contributed by atoms with Gasteiger partial charge in [0.1, 0.15) is 0 Å². The smallest absolute Gasteiger partial charge is 0.179 e. The first-order valence-corrected chi connectivity index (χ1v) is 9.36. The van der Waals surface area contributed by atoms with E-state index in [4.69, 9.17) is 5.73 Å². The monoisotopic (exact) mass is 321 g/mol. The Balaban J connectivity index is 2.01. The number of hydrogen-bond acceptors (Lipinski definition) is 4. The zero-order valence-corrected chi connectivity index (χ0v) is 13.6. The molecule has 2 N–H and O–H groups in total. The van der Waals surface area contributed by atoms with Crippen molar-refractivity contribution in [2.75, 3.05) is 11.5 Å². The van der Waals surface area contributed by atoms with Gasteiger partial charge >= 0.3 is 0 Å². The first-order chi connectivity index (χ1) is 10.0. The number of sulfone groups is 1. The zero-order chi connectivity index (χ0) is 15.3. The lowest BCUT2D eigenvalue weighted by molar-refractivity contribution is 0.597. The van der Waals surface area contributed by atoms with E-state index in [0.29, 0.717) is 17.2 Å². The van der Waals surface area contributed by atoms with E-state index in [1.807, 2.05) is 31.2 Å². The summed E-state index contributed by atoms with van der Waals surface area (Å²) in [5, 5.41) is 0. The van der Waals surface area contributed by atoms with Gasteiger partial charge in [0.2, 0.25) is 0 Å². The Kier molecular flexibility index (Phi) is 5.45. The van der Waals surface area contributed by atoms with Crippen molar-refractivity contribution >= 4 is 21.6 Å². The van der Waals surface area contributed by atoms with Crippen LogP contribution in [-0.4, -0.2) is 19.9 Å². The molecule has 0 amide bonds. The number of rotatable bonds is 6. The van der Waals surface area contributed by atoms with Crippen LogP contribution in [0.4, 0.5) is 0 Å². The van der Waals surface area contributed by atoms with Gasteiger partial charge in [-0.15, -0.1) is 11.8 Å². The average Bonchev–Trinajstić information content (AvgIpc) is 2.47. The molecule has 0 aliphatic carbocycles. The summed E-state index contributed by atoms with van der Waals surface area (Å²) in [4.78, 5) is 1.45. The van der Waals surface area contributed by atoms with Crippen LogP contribution in [-0.2, 0) is 16.4 Å². The van der Waals surface area contributed by atoms with Crippen LogP contribution in [0, 0.1) is 6.92 Å². The largest absolute Gasteiger partial charge is 0.326 e. The minimum Gasteiger partial charge on any atom is -0.326 e. The number of aryl methyl sites for hydroxylation is 1. The van der Waals surface area contributed by atoms with E-state index >= 15 is 0 Å². The highest BCUT2D eigenvalue weighted by Crippen LogP contribution is 2.21. The van der Waals surface area contributed by atoms with Gasteiger partial charge in [-0.05, 0) is 36.8 Å². The van der Waals surface area contributed by atoms with Gasteiger partial charge in [0, 0.05) is 17.2 Å². The van der Waals surface area contributed by atoms with Crippen LogP contribution >= 0.6 is 11.8 Å². The molecule has 0 spiro atoms. The van der Waals surface area contributed by atoms with Gasteiger partial charge < -0.3 is 5.73 Å². The summed E-state index contributed by atoms with van der Waals surface area (Å²) in [5.74, 6) is 0.665. The number of thioether (sulfide) groups is 1. The predicted molar refractivity (Wildman–Crippen MR) is 88.3 cm³/mol. The average molecular weight is 321 g/mol. The summed E-state index contributed by atoms with van der Waals surface area (Å²) in [6.07, 6.45) is 0. The first kappa shape index (κ1) is 16.1. The van der Waals surface area contributed by atoms with E-state index in [2.05, 4.69) is 6.07 Å². The quantitative estimate of drug-likeness (QED) is 0.831. The van der Waals surface area contributed by atoms with Gasteiger partial charge in [0.15, 0.2) is 9.84 Å². The molecule has 0 bridgehead atoms. The van der Waals surface area contributed by atoms with Crippen molar-refractivity contribution in [2.24, 2.45) is 5.73 Å². The normalized spacial score (nSPS) is 11.5. The second kappa shape index (κ2) is 7.11. The highest BCUT2D eigenvalue weighted by molar-refractivity contribution is 8.00. The molecule has 0 aromatic heterocycles. The summed E-state index contributed by atoms with van der Waals surface area (Å²) < 4.78 is 24.6. The van der Waals surface area contributed by atoms with E-state index in [0.717, 1.165) is 10.5 Å². The minimum absolute atomic E-state index is 0.125. The summed E-state index contributed by atoms with van der Waals surface area (Å²) in [6.45, 7) is 2.38. The molecule has 2 aromatic rings. The summed E-state index contributed by atoms with van der Waals surface area (Å²) in [7, 11) is -3.25. The summed E-state index contributed by atoms with van der Waals surface area (Å²) >= 11 is 1.56. The van der Waals surface area contributed by atoms with Crippen LogP contribution in [0.1, 0.15) is 11.1 Å². The van der Waals surface area contributed by atoms with E-state index in [-0.39, 0.29) is 5.75 Å². The van der Waals surface area contributed by atoms with Crippen molar-refractivity contribution in [1.82, 2.24) is 0 Å². The first-order valence-electron chi connectivity index (χ1n) is 6.72. The maximum atomic E-state index is 12.3. The molecule has 112 valence electrons. The molecular weight excluding hydrogens is 302 g/mol. The molecule has 2 rings (SSSR count). The Bertz CT molecular complexity index is 712. The fourth-order valence-corrected chi connectivity index (χ4v) is 4.70. The molecule has 0 heterocycles. The molecule has 0 aliphatic heterocycles. The molecule has 0 atom stereocenters. The van der Waals surface area contributed by atoms with Gasteiger partial charge in [-0.1, -0.05) is 29.8 Å². The standard InChI is InChI=1S/C16H19NO2S2/c1-13-4-2-6-15(10-13)20-8-9-21(18,19)16-7-3-5-14(11-16)12-17/h2-7,10-11H,8-9,12,17H2,1H3. The zero-order valence-electron chi connectivity index (χ0n) is 12.0. The second-order valence-electron chi connectivity index (χ2n) is 4.84. The fraction of sp³-hybridized carbons (Fsp3) is 0.250. The topological polar surface area (TPSA) is 60.2 Å². The van der Waals surface area contributed by atoms with Crippen LogP contribution in [0.15, 0.2) is 58.3 Å². The molecule has 0 saturated carbocycles.